The standard InChI is InChI=1S/C2H5Te.O/c1-2-3;/h2H2,1H3;. The number of hydrogen-bond acceptors (Lipinski definition) is 0. The first-order valence-electron chi connectivity index (χ1n) is 0.996. The van der Waals surface area contributed by atoms with Crippen LogP contribution in [0.1, 0.15) is 6.92 Å². The van der Waals surface area contributed by atoms with Crippen LogP contribution in [-0.2, 0) is 5.48 Å². The molecule has 0 saturated heterocycles. The largest absolute Gasteiger partial charge is 0 e. The molecule has 0 aromatic heterocycles. The van der Waals surface area contributed by atoms with Crippen molar-refractivity contribution in [3.05, 3.63) is 0 Å². The molecule has 0 aromatic carbocycles. The van der Waals surface area contributed by atoms with Gasteiger partial charge >= 0.3 is 33.7 Å². The zero-order valence-electron chi connectivity index (χ0n) is 2.52. The van der Waals surface area contributed by atoms with E-state index < -0.39 is 0 Å². The fourth-order valence-corrected chi connectivity index (χ4v) is 0. The third kappa shape index (κ3) is 15.0. The Morgan fingerprint density at radius 1 is 1.75 bits per heavy atom. The molecule has 0 spiro atoms. The van der Waals surface area contributed by atoms with Crippen LogP contribution in [0, 0.1) is 0 Å². The minimum atomic E-state index is 0. The normalized spacial score (nSPS) is 4.50. The van der Waals surface area contributed by atoms with Gasteiger partial charge in [0.25, 0.3) is 0 Å². The van der Waals surface area contributed by atoms with Crippen molar-refractivity contribution in [2.45, 2.75) is 11.4 Å². The van der Waals surface area contributed by atoms with E-state index in [0.717, 1.165) is 0 Å². The second-order valence-electron chi connectivity index (χ2n) is 0.289. The van der Waals surface area contributed by atoms with E-state index in [4.69, 9.17) is 0 Å². The summed E-state index contributed by atoms with van der Waals surface area (Å²) in [6, 6.07) is 0. The van der Waals surface area contributed by atoms with E-state index in [1.165, 1.54) is 4.47 Å². The Kier molecular flexibility index (Phi) is 20.4. The van der Waals surface area contributed by atoms with E-state index in [2.05, 4.69) is 29.2 Å². The van der Waals surface area contributed by atoms with Crippen molar-refractivity contribution in [2.24, 2.45) is 0 Å². The molecule has 0 bridgehead atoms. The van der Waals surface area contributed by atoms with Gasteiger partial charge in [-0.3, -0.25) is 0 Å². The molecule has 0 N–H and O–H groups in total. The quantitative estimate of drug-likeness (QED) is 0.476. The van der Waals surface area contributed by atoms with Gasteiger partial charge in [0.15, 0.2) is 0 Å². The zero-order chi connectivity index (χ0) is 2.71. The molecule has 0 atom stereocenters. The van der Waals surface area contributed by atoms with E-state index in [-0.39, 0.29) is 5.48 Å². The first-order valence-corrected chi connectivity index (χ1v) is 2.64. The zero-order valence-corrected chi connectivity index (χ0v) is 4.85. The van der Waals surface area contributed by atoms with Crippen LogP contribution in [0.4, 0.5) is 0 Å². The molecule has 0 aliphatic carbocycles. The van der Waals surface area contributed by atoms with Gasteiger partial charge in [-0.2, -0.15) is 0 Å². The molecule has 0 unspecified atom stereocenters. The van der Waals surface area contributed by atoms with Gasteiger partial charge in [0.2, 0.25) is 0 Å². The fraction of sp³-hybridized carbons (Fsp3) is 1.00. The fourth-order valence-electron chi connectivity index (χ4n) is 0. The third-order valence-corrected chi connectivity index (χ3v) is 0. The molecule has 0 heterocycles. The first kappa shape index (κ1) is 8.83. The van der Waals surface area contributed by atoms with Crippen LogP contribution in [-0.4, -0.2) is 22.3 Å². The van der Waals surface area contributed by atoms with Gasteiger partial charge in [0, 0.05) is 5.48 Å². The monoisotopic (exact) mass is 175 g/mol. The van der Waals surface area contributed by atoms with Gasteiger partial charge in [0.05, 0.1) is 0 Å². The Morgan fingerprint density at radius 3 is 1.75 bits per heavy atom. The molecule has 1 nitrogen and oxygen atoms in total. The van der Waals surface area contributed by atoms with Crippen molar-refractivity contribution in [1.29, 1.82) is 0 Å². The van der Waals surface area contributed by atoms with E-state index in [1.54, 1.807) is 0 Å². The van der Waals surface area contributed by atoms with Gasteiger partial charge in [-0.05, 0) is 0 Å². The van der Waals surface area contributed by atoms with Crippen molar-refractivity contribution < 1.29 is 5.48 Å². The van der Waals surface area contributed by atoms with Gasteiger partial charge in [0.1, 0.15) is 0 Å². The summed E-state index contributed by atoms with van der Waals surface area (Å²) >= 11 is 2.07. The van der Waals surface area contributed by atoms with E-state index in [0.29, 0.717) is 0 Å². The third-order valence-electron chi connectivity index (χ3n) is 0. The molecule has 0 amide bonds. The van der Waals surface area contributed by atoms with Crippen molar-refractivity contribution in [3.8, 4) is 0 Å². The number of rotatable bonds is 0. The minimum absolute atomic E-state index is 0. The maximum Gasteiger partial charge on any atom is 0 e. The molecule has 2 heteroatoms. The van der Waals surface area contributed by atoms with Crippen LogP contribution in [0.5, 0.6) is 0 Å². The van der Waals surface area contributed by atoms with Gasteiger partial charge in [-0.15, -0.1) is 0 Å². The second-order valence-corrected chi connectivity index (χ2v) is 1.94. The maximum absolute atomic E-state index is 2.13. The first-order chi connectivity index (χ1) is 1.41. The molecule has 0 rings (SSSR count). The summed E-state index contributed by atoms with van der Waals surface area (Å²) in [5, 5.41) is 0. The Hall–Kier alpha value is 0.750. The van der Waals surface area contributed by atoms with Gasteiger partial charge < -0.3 is 0 Å². The molecule has 0 aliphatic heterocycles. The summed E-state index contributed by atoms with van der Waals surface area (Å²) in [4.78, 5) is 0. The van der Waals surface area contributed by atoms with Crippen LogP contribution in [0.25, 0.3) is 0 Å². The summed E-state index contributed by atoms with van der Waals surface area (Å²) < 4.78 is 1.26. The van der Waals surface area contributed by atoms with Crippen molar-refractivity contribution in [2.75, 3.05) is 0 Å². The summed E-state index contributed by atoms with van der Waals surface area (Å²) in [5.74, 6) is 0. The Balaban J connectivity index is 0. The smallest absolute Gasteiger partial charge is 0 e. The molecule has 0 aliphatic rings. The topological polar surface area (TPSA) is 28.5 Å². The molecule has 0 aromatic rings. The van der Waals surface area contributed by atoms with E-state index in [1.807, 2.05) is 0 Å². The van der Waals surface area contributed by atoms with Crippen LogP contribution in [0.3, 0.4) is 0 Å². The molecule has 25 valence electrons. The average Bonchev–Trinajstić information content (AvgIpc) is 0.918. The molecule has 3 radical (unpaired) electrons. The Labute approximate surface area is 39.6 Å². The van der Waals surface area contributed by atoms with Crippen molar-refractivity contribution in [1.82, 2.24) is 0 Å². The summed E-state index contributed by atoms with van der Waals surface area (Å²) in [6.07, 6.45) is 0. The SMILES string of the molecule is CC[Te].[O]. The molecular formula is C2H5OTe. The summed E-state index contributed by atoms with van der Waals surface area (Å²) in [5.41, 5.74) is 0. The molecule has 0 fully saturated rings. The van der Waals surface area contributed by atoms with E-state index >= 15 is 0 Å². The van der Waals surface area contributed by atoms with E-state index in [9.17, 15) is 0 Å². The van der Waals surface area contributed by atoms with Crippen LogP contribution in [0.15, 0.2) is 0 Å². The molecular weight excluding hydrogens is 168 g/mol. The Morgan fingerprint density at radius 2 is 1.75 bits per heavy atom. The van der Waals surface area contributed by atoms with Crippen molar-refractivity contribution in [3.63, 3.8) is 0 Å². The summed E-state index contributed by atoms with van der Waals surface area (Å²) in [6.45, 7) is 2.13. The van der Waals surface area contributed by atoms with Crippen LogP contribution in [0.2, 0.25) is 4.47 Å². The number of hydrogen-bond donors (Lipinski definition) is 0. The predicted octanol–water partition coefficient (Wildman–Crippen LogP) is 0.474. The summed E-state index contributed by atoms with van der Waals surface area (Å²) in [7, 11) is 0. The van der Waals surface area contributed by atoms with Crippen LogP contribution < -0.4 is 0 Å². The van der Waals surface area contributed by atoms with Crippen molar-refractivity contribution >= 4 is 22.3 Å². The second kappa shape index (κ2) is 9.26. The average molecular weight is 173 g/mol. The molecule has 4 heavy (non-hydrogen) atoms. The minimum Gasteiger partial charge on any atom is 0 e. The maximum atomic E-state index is 2.13. The van der Waals surface area contributed by atoms with Crippen LogP contribution >= 0.6 is 0 Å². The molecule has 0 saturated carbocycles. The Bertz CT molecular complexity index is 6.00. The van der Waals surface area contributed by atoms with Gasteiger partial charge in [-0.1, -0.05) is 0 Å². The van der Waals surface area contributed by atoms with Gasteiger partial charge in [-0.25, -0.2) is 0 Å². The predicted molar refractivity (Wildman–Crippen MR) is 16.9 cm³/mol.